The molecule has 1 aromatic carbocycles. The fourth-order valence-corrected chi connectivity index (χ4v) is 2.47. The molecule has 5 heteroatoms. The summed E-state index contributed by atoms with van der Waals surface area (Å²) < 4.78 is 45.2. The van der Waals surface area contributed by atoms with Crippen LogP contribution in [0.15, 0.2) is 48.6 Å². The normalized spacial score (nSPS) is 15.0. The third-order valence-corrected chi connectivity index (χ3v) is 3.36. The van der Waals surface area contributed by atoms with Crippen LogP contribution in [0.5, 0.6) is 5.75 Å². The summed E-state index contributed by atoms with van der Waals surface area (Å²) in [6.07, 6.45) is 1.16. The van der Waals surface area contributed by atoms with E-state index in [4.69, 9.17) is 4.74 Å². The van der Waals surface area contributed by atoms with Gasteiger partial charge in [0.25, 0.3) is 0 Å². The number of ether oxygens (including phenoxy) is 1. The van der Waals surface area contributed by atoms with Gasteiger partial charge >= 0.3 is 6.18 Å². The van der Waals surface area contributed by atoms with Gasteiger partial charge in [0.2, 0.25) is 0 Å². The first-order valence-corrected chi connectivity index (χ1v) is 7.38. The van der Waals surface area contributed by atoms with Gasteiger partial charge in [0.1, 0.15) is 5.75 Å². The Morgan fingerprint density at radius 1 is 1.30 bits per heavy atom. The van der Waals surface area contributed by atoms with E-state index in [-0.39, 0.29) is 5.57 Å². The Morgan fingerprint density at radius 3 is 2.57 bits per heavy atom. The van der Waals surface area contributed by atoms with Crippen LogP contribution in [0.25, 0.3) is 5.57 Å². The lowest BCUT2D eigenvalue weighted by Crippen LogP contribution is -2.14. The average Bonchev–Trinajstić information content (AvgIpc) is 2.55. The Bertz CT molecular complexity index is 601. The second kappa shape index (κ2) is 8.58. The first-order valence-electron chi connectivity index (χ1n) is 7.38. The van der Waals surface area contributed by atoms with Crippen LogP contribution in [0.2, 0.25) is 0 Å². The lowest BCUT2D eigenvalue weighted by atomic mass is 9.93. The number of benzene rings is 1. The van der Waals surface area contributed by atoms with Gasteiger partial charge < -0.3 is 10.5 Å². The van der Waals surface area contributed by atoms with Crippen molar-refractivity contribution in [3.63, 3.8) is 0 Å². The van der Waals surface area contributed by atoms with E-state index in [1.807, 2.05) is 6.07 Å². The largest absolute Gasteiger partial charge is 0.493 e. The van der Waals surface area contributed by atoms with Crippen LogP contribution in [0.3, 0.4) is 0 Å². The van der Waals surface area contributed by atoms with Crippen LogP contribution in [-0.4, -0.2) is 19.8 Å². The molecule has 1 aromatic rings. The van der Waals surface area contributed by atoms with E-state index in [0.29, 0.717) is 17.9 Å². The van der Waals surface area contributed by atoms with Crippen molar-refractivity contribution < 1.29 is 17.9 Å². The minimum atomic E-state index is -4.45. The summed E-state index contributed by atoms with van der Waals surface area (Å²) >= 11 is 0. The first-order chi connectivity index (χ1) is 11.0. The van der Waals surface area contributed by atoms with Crippen LogP contribution >= 0.6 is 0 Å². The molecule has 0 radical (unpaired) electrons. The van der Waals surface area contributed by atoms with Crippen LogP contribution in [0, 0.1) is 0 Å². The Hall–Kier alpha value is -2.01. The lowest BCUT2D eigenvalue weighted by Gasteiger charge is -2.22. The van der Waals surface area contributed by atoms with Gasteiger partial charge in [0.15, 0.2) is 0 Å². The predicted octanol–water partition coefficient (Wildman–Crippen LogP) is 4.66. The van der Waals surface area contributed by atoms with Crippen LogP contribution < -0.4 is 10.5 Å². The minimum absolute atomic E-state index is 0.0961. The molecule has 2 nitrogen and oxygen atoms in total. The molecular weight excluding hydrogens is 303 g/mol. The molecule has 2 N–H and O–H groups in total. The molecule has 1 aliphatic rings. The van der Waals surface area contributed by atoms with Crippen molar-refractivity contribution in [2.45, 2.75) is 25.9 Å². The van der Waals surface area contributed by atoms with Crippen LogP contribution in [-0.2, 0) is 6.42 Å². The van der Waals surface area contributed by atoms with E-state index >= 15 is 0 Å². The quantitative estimate of drug-likeness (QED) is 0.820. The molecule has 23 heavy (non-hydrogen) atoms. The van der Waals surface area contributed by atoms with Crippen molar-refractivity contribution >= 4 is 5.57 Å². The van der Waals surface area contributed by atoms with Gasteiger partial charge in [-0.3, -0.25) is 0 Å². The maximum absolute atomic E-state index is 13.2. The molecule has 1 heterocycles. The average molecular weight is 325 g/mol. The van der Waals surface area contributed by atoms with Gasteiger partial charge in [-0.05, 0) is 37.9 Å². The molecule has 0 amide bonds. The van der Waals surface area contributed by atoms with E-state index in [1.54, 1.807) is 25.1 Å². The van der Waals surface area contributed by atoms with E-state index in [0.717, 1.165) is 24.5 Å². The van der Waals surface area contributed by atoms with Gasteiger partial charge in [0, 0.05) is 5.56 Å². The first kappa shape index (κ1) is 19.0. The van der Waals surface area contributed by atoms with Crippen molar-refractivity contribution in [3.05, 3.63) is 59.7 Å². The van der Waals surface area contributed by atoms with Gasteiger partial charge in [-0.15, -0.1) is 0 Å². The Kier molecular flexibility index (Phi) is 7.10. The summed E-state index contributed by atoms with van der Waals surface area (Å²) in [6.45, 7) is 5.53. The van der Waals surface area contributed by atoms with Gasteiger partial charge in [-0.25, -0.2) is 0 Å². The number of fused-ring (bicyclic) bond motifs is 1. The summed E-state index contributed by atoms with van der Waals surface area (Å²) in [6, 6.07) is 5.32. The van der Waals surface area contributed by atoms with E-state index in [1.165, 1.54) is 13.1 Å². The summed E-state index contributed by atoms with van der Waals surface area (Å²) in [5, 5.41) is 0. The van der Waals surface area contributed by atoms with E-state index in [2.05, 4.69) is 12.3 Å². The minimum Gasteiger partial charge on any atom is -0.493 e. The molecular formula is C18H22F3NO. The highest BCUT2D eigenvalue weighted by Gasteiger charge is 2.34. The molecule has 0 aromatic heterocycles. The zero-order valence-corrected chi connectivity index (χ0v) is 13.4. The van der Waals surface area contributed by atoms with Gasteiger partial charge in [0.05, 0.1) is 12.2 Å². The number of halogens is 3. The standard InChI is InChI=1S/C17H17F3O.CH5N/c1-3-7-13(15(4-2)17(18,19)20)14-10-5-8-12-9-6-11-21-16(12)14;1-2/h3-5,7-8,10H,2,6,9,11H2,1H3;2H2,1H3/b7-3-,15-13-;. The summed E-state index contributed by atoms with van der Waals surface area (Å²) in [7, 11) is 1.50. The molecule has 0 bridgehead atoms. The highest BCUT2D eigenvalue weighted by Crippen LogP contribution is 2.39. The number of nitrogens with two attached hydrogens (primary N) is 1. The zero-order valence-electron chi connectivity index (χ0n) is 13.4. The monoisotopic (exact) mass is 325 g/mol. The molecule has 0 atom stereocenters. The number of hydrogen-bond donors (Lipinski definition) is 1. The number of alkyl halides is 3. The highest BCUT2D eigenvalue weighted by atomic mass is 19.4. The molecule has 0 unspecified atom stereocenters. The predicted molar refractivity (Wildman–Crippen MR) is 88.4 cm³/mol. The van der Waals surface area contributed by atoms with Gasteiger partial charge in [-0.1, -0.05) is 43.0 Å². The number of rotatable bonds is 3. The lowest BCUT2D eigenvalue weighted by molar-refractivity contribution is -0.0875. The molecule has 0 spiro atoms. The molecule has 0 aliphatic carbocycles. The Labute approximate surface area is 135 Å². The third kappa shape index (κ3) is 4.48. The Balaban J connectivity index is 0.00000127. The summed E-state index contributed by atoms with van der Waals surface area (Å²) in [4.78, 5) is 0. The molecule has 2 rings (SSSR count). The number of aryl methyl sites for hydroxylation is 1. The number of allylic oxidation sites excluding steroid dienone is 5. The second-order valence-electron chi connectivity index (χ2n) is 4.78. The van der Waals surface area contributed by atoms with Crippen LogP contribution in [0.4, 0.5) is 13.2 Å². The second-order valence-corrected chi connectivity index (χ2v) is 4.78. The molecule has 126 valence electrons. The van der Waals surface area contributed by atoms with Crippen molar-refractivity contribution in [3.8, 4) is 5.75 Å². The fourth-order valence-electron chi connectivity index (χ4n) is 2.47. The van der Waals surface area contributed by atoms with E-state index in [9.17, 15) is 13.2 Å². The Morgan fingerprint density at radius 2 is 2.00 bits per heavy atom. The van der Waals surface area contributed by atoms with E-state index < -0.39 is 11.7 Å². The van der Waals surface area contributed by atoms with Crippen molar-refractivity contribution in [1.29, 1.82) is 0 Å². The number of hydrogen-bond acceptors (Lipinski definition) is 2. The molecule has 0 saturated carbocycles. The fraction of sp³-hybridized carbons (Fsp3) is 0.333. The maximum Gasteiger partial charge on any atom is 0.416 e. The van der Waals surface area contributed by atoms with Crippen molar-refractivity contribution in [2.75, 3.05) is 13.7 Å². The molecule has 0 fully saturated rings. The number of para-hydroxylation sites is 1. The van der Waals surface area contributed by atoms with Crippen molar-refractivity contribution in [1.82, 2.24) is 0 Å². The zero-order chi connectivity index (χ0) is 17.5. The van der Waals surface area contributed by atoms with Crippen molar-refractivity contribution in [2.24, 2.45) is 5.73 Å². The molecule has 1 aliphatic heterocycles. The highest BCUT2D eigenvalue weighted by molar-refractivity contribution is 5.83. The third-order valence-electron chi connectivity index (χ3n) is 3.36. The van der Waals surface area contributed by atoms with Gasteiger partial charge in [-0.2, -0.15) is 13.2 Å². The molecule has 0 saturated heterocycles. The summed E-state index contributed by atoms with van der Waals surface area (Å²) in [5.41, 5.74) is 5.27. The summed E-state index contributed by atoms with van der Waals surface area (Å²) in [5.74, 6) is 0.556. The van der Waals surface area contributed by atoms with Crippen LogP contribution in [0.1, 0.15) is 24.5 Å². The smallest absolute Gasteiger partial charge is 0.416 e. The SMILES string of the molecule is C=C/C(=C(\C=C/C)c1cccc2c1OCCC2)C(F)(F)F.CN. The topological polar surface area (TPSA) is 35.2 Å². The maximum atomic E-state index is 13.2.